The highest BCUT2D eigenvalue weighted by Gasteiger charge is 2.39. The summed E-state index contributed by atoms with van der Waals surface area (Å²) in [5, 5.41) is 12.3. The number of fused-ring (bicyclic) bond motifs is 1. The number of benzene rings is 4. The van der Waals surface area contributed by atoms with Crippen molar-refractivity contribution in [3.8, 4) is 23.0 Å². The second-order valence-electron chi connectivity index (χ2n) is 14.4. The van der Waals surface area contributed by atoms with Crippen LogP contribution in [0, 0.1) is 0 Å². The summed E-state index contributed by atoms with van der Waals surface area (Å²) in [5.41, 5.74) is 6.98. The number of hydrogen-bond acceptors (Lipinski definition) is 10. The minimum atomic E-state index is -0.664. The Kier molecular flexibility index (Phi) is 10.9. The summed E-state index contributed by atoms with van der Waals surface area (Å²) in [4.78, 5) is 52.2. The van der Waals surface area contributed by atoms with Gasteiger partial charge in [0.2, 0.25) is 17.8 Å². The van der Waals surface area contributed by atoms with E-state index in [2.05, 4.69) is 68.4 Å². The molecule has 1 unspecified atom stereocenters. The Morgan fingerprint density at radius 3 is 2.18 bits per heavy atom. The van der Waals surface area contributed by atoms with Crippen molar-refractivity contribution >= 4 is 34.8 Å². The Bertz CT molecular complexity index is 2270. The number of rotatable bonds is 12. The second kappa shape index (κ2) is 16.7. The van der Waals surface area contributed by atoms with Crippen LogP contribution in [0.3, 0.4) is 0 Å². The first-order chi connectivity index (χ1) is 27.8. The highest BCUT2D eigenvalue weighted by molar-refractivity contribution is 6.05. The van der Waals surface area contributed by atoms with Gasteiger partial charge in [0.15, 0.2) is 5.75 Å². The molecular formula is C45H44N6O6. The number of carbonyl (C=O) groups is 3. The van der Waals surface area contributed by atoms with Crippen LogP contribution in [0.15, 0.2) is 109 Å². The maximum Gasteiger partial charge on any atom is 0.255 e. The van der Waals surface area contributed by atoms with E-state index >= 15 is 0 Å². The summed E-state index contributed by atoms with van der Waals surface area (Å²) >= 11 is 0. The molecule has 0 bridgehead atoms. The third-order valence-corrected chi connectivity index (χ3v) is 10.8. The van der Waals surface area contributed by atoms with Crippen molar-refractivity contribution in [2.75, 3.05) is 44.2 Å². The topological polar surface area (TPSA) is 137 Å². The van der Waals surface area contributed by atoms with Crippen LogP contribution in [-0.2, 0) is 16.1 Å². The number of phenolic OH excluding ortho intramolecular Hbond substituents is 1. The number of hydrogen-bond donors (Lipinski definition) is 2. The van der Waals surface area contributed by atoms with Gasteiger partial charge in [-0.25, -0.2) is 9.97 Å². The van der Waals surface area contributed by atoms with E-state index in [1.165, 1.54) is 16.0 Å². The molecule has 4 aromatic carbocycles. The molecule has 5 aromatic rings. The number of imide groups is 1. The Hall–Kier alpha value is -6.53. The molecule has 0 radical (unpaired) electrons. The molecule has 12 nitrogen and oxygen atoms in total. The van der Waals surface area contributed by atoms with Gasteiger partial charge in [-0.05, 0) is 88.7 Å². The van der Waals surface area contributed by atoms with Crippen LogP contribution in [0.1, 0.15) is 58.8 Å². The number of amides is 3. The fourth-order valence-electron chi connectivity index (χ4n) is 7.77. The molecule has 2 N–H and O–H groups in total. The van der Waals surface area contributed by atoms with E-state index in [9.17, 15) is 19.5 Å². The molecule has 0 saturated carbocycles. The Morgan fingerprint density at radius 1 is 0.807 bits per heavy atom. The lowest BCUT2D eigenvalue weighted by molar-refractivity contribution is -0.136. The van der Waals surface area contributed by atoms with Gasteiger partial charge in [-0.3, -0.25) is 24.6 Å². The zero-order valence-corrected chi connectivity index (χ0v) is 31.8. The van der Waals surface area contributed by atoms with Crippen molar-refractivity contribution in [2.45, 2.75) is 38.8 Å². The van der Waals surface area contributed by atoms with Gasteiger partial charge in [0.25, 0.3) is 5.91 Å². The predicted octanol–water partition coefficient (Wildman–Crippen LogP) is 6.31. The summed E-state index contributed by atoms with van der Waals surface area (Å²) in [5.74, 6) is 1.74. The van der Waals surface area contributed by atoms with Gasteiger partial charge in [0.05, 0.1) is 12.4 Å². The first-order valence-electron chi connectivity index (χ1n) is 19.4. The Morgan fingerprint density at radius 2 is 1.49 bits per heavy atom. The monoisotopic (exact) mass is 764 g/mol. The van der Waals surface area contributed by atoms with Crippen LogP contribution < -0.4 is 19.7 Å². The molecule has 3 aliphatic rings. The number of nitrogens with zero attached hydrogens (tertiary/aromatic N) is 5. The molecule has 2 fully saturated rings. The zero-order valence-electron chi connectivity index (χ0n) is 31.8. The first kappa shape index (κ1) is 37.4. The molecule has 290 valence electrons. The maximum atomic E-state index is 13.0. The largest absolute Gasteiger partial charge is 0.508 e. The summed E-state index contributed by atoms with van der Waals surface area (Å²) in [6.07, 6.45) is 4.68. The maximum absolute atomic E-state index is 13.0. The van der Waals surface area contributed by atoms with E-state index in [-0.39, 0.29) is 30.5 Å². The zero-order chi connectivity index (χ0) is 39.3. The lowest BCUT2D eigenvalue weighted by atomic mass is 9.88. The van der Waals surface area contributed by atoms with Crippen molar-refractivity contribution in [2.24, 2.45) is 0 Å². The smallest absolute Gasteiger partial charge is 0.255 e. The van der Waals surface area contributed by atoms with Crippen LogP contribution >= 0.6 is 0 Å². The van der Waals surface area contributed by atoms with E-state index in [1.54, 1.807) is 42.7 Å². The van der Waals surface area contributed by atoms with Crippen molar-refractivity contribution in [3.63, 3.8) is 0 Å². The van der Waals surface area contributed by atoms with Crippen LogP contribution in [0.5, 0.6) is 23.0 Å². The van der Waals surface area contributed by atoms with Crippen molar-refractivity contribution in [1.82, 2.24) is 25.1 Å². The van der Waals surface area contributed by atoms with Gasteiger partial charge in [-0.15, -0.1) is 0 Å². The molecule has 3 amide bonds. The van der Waals surface area contributed by atoms with Gasteiger partial charge >= 0.3 is 0 Å². The first-order valence-corrected chi connectivity index (χ1v) is 19.4. The van der Waals surface area contributed by atoms with E-state index in [0.29, 0.717) is 36.0 Å². The summed E-state index contributed by atoms with van der Waals surface area (Å²) < 4.78 is 12.2. The average molecular weight is 765 g/mol. The molecule has 12 heteroatoms. The van der Waals surface area contributed by atoms with Crippen molar-refractivity contribution < 1.29 is 29.0 Å². The van der Waals surface area contributed by atoms with Crippen LogP contribution in [0.25, 0.3) is 11.1 Å². The van der Waals surface area contributed by atoms with Crippen LogP contribution in [-0.4, -0.2) is 88.0 Å². The molecule has 8 rings (SSSR count). The minimum absolute atomic E-state index is 0.211. The van der Waals surface area contributed by atoms with E-state index < -0.39 is 11.9 Å². The van der Waals surface area contributed by atoms with Crippen LogP contribution in [0.4, 0.5) is 5.95 Å². The molecule has 57 heavy (non-hydrogen) atoms. The minimum Gasteiger partial charge on any atom is -0.508 e. The highest BCUT2D eigenvalue weighted by atomic mass is 16.5. The van der Waals surface area contributed by atoms with E-state index in [0.717, 1.165) is 67.2 Å². The molecule has 1 aromatic heterocycles. The lowest BCUT2D eigenvalue weighted by Gasteiger charge is -2.34. The predicted molar refractivity (Wildman–Crippen MR) is 216 cm³/mol. The Labute approximate surface area is 331 Å². The van der Waals surface area contributed by atoms with Crippen LogP contribution in [0.2, 0.25) is 0 Å². The fraction of sp³-hybridized carbons (Fsp3) is 0.267. The Balaban J connectivity index is 0.819. The highest BCUT2D eigenvalue weighted by Crippen LogP contribution is 2.36. The number of anilines is 1. The van der Waals surface area contributed by atoms with Gasteiger partial charge in [-0.1, -0.05) is 61.5 Å². The fourth-order valence-corrected chi connectivity index (χ4v) is 7.77. The number of allylic oxidation sites excluding steroid dienone is 1. The van der Waals surface area contributed by atoms with Crippen molar-refractivity contribution in [1.29, 1.82) is 0 Å². The normalized spacial score (nSPS) is 17.6. The second-order valence-corrected chi connectivity index (χ2v) is 14.4. The molecule has 2 saturated heterocycles. The summed E-state index contributed by atoms with van der Waals surface area (Å²) in [6.45, 7) is 7.09. The molecule has 3 aliphatic heterocycles. The number of aromatic hydroxyl groups is 1. The number of phenols is 1. The average Bonchev–Trinajstić information content (AvgIpc) is 3.56. The molecule has 0 spiro atoms. The number of nitrogens with one attached hydrogen (secondary N) is 1. The number of aromatic nitrogens is 2. The number of carbonyl (C=O) groups excluding carboxylic acids is 3. The molecule has 0 aliphatic carbocycles. The summed E-state index contributed by atoms with van der Waals surface area (Å²) in [6, 6.07) is 30.7. The third-order valence-electron chi connectivity index (χ3n) is 10.8. The van der Waals surface area contributed by atoms with Gasteiger partial charge in [-0.2, -0.15) is 0 Å². The lowest BCUT2D eigenvalue weighted by Crippen LogP contribution is -2.52. The molecule has 4 heterocycles. The summed E-state index contributed by atoms with van der Waals surface area (Å²) in [7, 11) is 0. The van der Waals surface area contributed by atoms with Gasteiger partial charge in [0, 0.05) is 51.3 Å². The van der Waals surface area contributed by atoms with E-state index in [1.807, 2.05) is 30.3 Å². The SMILES string of the molecule is CC/C(=C(\c1ccc(O)cc1)c1ccc(OCCN2CCN(c3ncc(Oc4ccc5c(c4)CN(C4CCC(=O)NC4=O)C5=O)cn3)CC2)cc1)c1ccccc1. The quantitative estimate of drug-likeness (QED) is 0.110. The third kappa shape index (κ3) is 8.36. The molecular weight excluding hydrogens is 721 g/mol. The van der Waals surface area contributed by atoms with E-state index in [4.69, 9.17) is 9.47 Å². The number of piperazine rings is 1. The standard InChI is InChI=1S/C45H44N6O6/c1-2-38(30-6-4-3-5-7-30)42(31-8-12-34(52)13-9-31)32-10-14-35(15-11-32)56-25-24-49-20-22-50(23-21-49)45-46-27-37(28-47-45)57-36-16-17-39-33(26-36)29-51(44(39)55)40-18-19-41(53)48-43(40)54/h3-17,26-28,40,52H,2,18-25,29H2,1H3,(H,48,53,54)/b42-38-. The van der Waals surface area contributed by atoms with Crippen molar-refractivity contribution in [3.05, 3.63) is 137 Å². The van der Waals surface area contributed by atoms with Gasteiger partial charge < -0.3 is 24.4 Å². The molecule has 1 atom stereocenters. The van der Waals surface area contributed by atoms with Gasteiger partial charge in [0.1, 0.15) is 29.9 Å². The number of ether oxygens (including phenoxy) is 2. The number of piperidine rings is 1.